The predicted molar refractivity (Wildman–Crippen MR) is 117 cm³/mol. The van der Waals surface area contributed by atoms with Crippen LogP contribution in [0.25, 0.3) is 5.69 Å². The van der Waals surface area contributed by atoms with E-state index in [-0.39, 0.29) is 11.8 Å². The van der Waals surface area contributed by atoms with Gasteiger partial charge in [0.1, 0.15) is 5.56 Å². The van der Waals surface area contributed by atoms with Crippen LogP contribution in [0.1, 0.15) is 49.3 Å². The number of carbonyl (C=O) groups is 3. The summed E-state index contributed by atoms with van der Waals surface area (Å²) < 4.78 is 6.65. The molecule has 0 aliphatic rings. The molecule has 2 N–H and O–H groups in total. The number of nitrogens with zero attached hydrogens (tertiary/aromatic N) is 2. The number of ether oxygens (including phenoxy) is 1. The summed E-state index contributed by atoms with van der Waals surface area (Å²) >= 11 is 0. The van der Waals surface area contributed by atoms with Gasteiger partial charge in [-0.2, -0.15) is 5.10 Å². The fourth-order valence-corrected chi connectivity index (χ4v) is 3.18. The lowest BCUT2D eigenvalue weighted by Gasteiger charge is -2.12. The van der Waals surface area contributed by atoms with E-state index >= 15 is 0 Å². The first-order valence-corrected chi connectivity index (χ1v) is 9.82. The Balaban J connectivity index is 1.79. The standard InChI is InChI=1S/C23H24N4O4/c1-5-31-23(30)19-13-25-27(15(19)3)17-11-9-16(10-12-17)21(28)26-20-8-6-7-18(14(20)2)22(29)24-4/h6-13H,5H2,1-4H3,(H,24,29)(H,26,28). The van der Waals surface area contributed by atoms with Gasteiger partial charge in [-0.1, -0.05) is 6.07 Å². The first-order chi connectivity index (χ1) is 14.9. The van der Waals surface area contributed by atoms with Gasteiger partial charge in [-0.25, -0.2) is 9.48 Å². The van der Waals surface area contributed by atoms with Crippen molar-refractivity contribution in [3.8, 4) is 5.69 Å². The lowest BCUT2D eigenvalue weighted by molar-refractivity contribution is 0.0525. The van der Waals surface area contributed by atoms with Crippen LogP contribution >= 0.6 is 0 Å². The lowest BCUT2D eigenvalue weighted by Crippen LogP contribution is -2.20. The fraction of sp³-hybridized carbons (Fsp3) is 0.217. The summed E-state index contributed by atoms with van der Waals surface area (Å²) in [6.45, 7) is 5.60. The van der Waals surface area contributed by atoms with Crippen molar-refractivity contribution in [2.24, 2.45) is 0 Å². The van der Waals surface area contributed by atoms with Crippen LogP contribution in [-0.4, -0.2) is 41.2 Å². The number of hydrogen-bond acceptors (Lipinski definition) is 5. The SMILES string of the molecule is CCOC(=O)c1cnn(-c2ccc(C(=O)Nc3cccc(C(=O)NC)c3C)cc2)c1C. The van der Waals surface area contributed by atoms with Gasteiger partial charge in [0.2, 0.25) is 0 Å². The predicted octanol–water partition coefficient (Wildman–Crippen LogP) is 3.28. The highest BCUT2D eigenvalue weighted by Crippen LogP contribution is 2.21. The van der Waals surface area contributed by atoms with Gasteiger partial charge in [0.15, 0.2) is 0 Å². The van der Waals surface area contributed by atoms with Crippen molar-refractivity contribution >= 4 is 23.5 Å². The minimum atomic E-state index is -0.420. The summed E-state index contributed by atoms with van der Waals surface area (Å²) in [5.41, 5.74) is 3.96. The molecule has 0 unspecified atom stereocenters. The third kappa shape index (κ3) is 4.48. The van der Waals surface area contributed by atoms with Crippen LogP contribution in [-0.2, 0) is 4.74 Å². The smallest absolute Gasteiger partial charge is 0.341 e. The molecule has 0 radical (unpaired) electrons. The number of hydrogen-bond donors (Lipinski definition) is 2. The first kappa shape index (κ1) is 21.8. The summed E-state index contributed by atoms with van der Waals surface area (Å²) in [7, 11) is 1.56. The van der Waals surface area contributed by atoms with Gasteiger partial charge in [-0.15, -0.1) is 0 Å². The molecule has 8 heteroatoms. The molecule has 0 saturated heterocycles. The van der Waals surface area contributed by atoms with Gasteiger partial charge in [-0.3, -0.25) is 9.59 Å². The summed E-state index contributed by atoms with van der Waals surface area (Å²) in [5, 5.41) is 9.69. The maximum atomic E-state index is 12.7. The zero-order valence-electron chi connectivity index (χ0n) is 17.9. The Morgan fingerprint density at radius 1 is 1.00 bits per heavy atom. The number of nitrogens with one attached hydrogen (secondary N) is 2. The highest BCUT2D eigenvalue weighted by atomic mass is 16.5. The quantitative estimate of drug-likeness (QED) is 0.596. The highest BCUT2D eigenvalue weighted by Gasteiger charge is 2.17. The second-order valence-corrected chi connectivity index (χ2v) is 6.83. The van der Waals surface area contributed by atoms with Crippen LogP contribution in [0.3, 0.4) is 0 Å². The lowest BCUT2D eigenvalue weighted by atomic mass is 10.1. The maximum absolute atomic E-state index is 12.7. The molecule has 8 nitrogen and oxygen atoms in total. The molecule has 0 spiro atoms. The maximum Gasteiger partial charge on any atom is 0.341 e. The van der Waals surface area contributed by atoms with E-state index in [1.807, 2.05) is 0 Å². The Morgan fingerprint density at radius 3 is 2.35 bits per heavy atom. The molecule has 2 amide bonds. The molecular weight excluding hydrogens is 396 g/mol. The number of aromatic nitrogens is 2. The van der Waals surface area contributed by atoms with E-state index in [4.69, 9.17) is 4.74 Å². The molecule has 0 bridgehead atoms. The molecule has 3 rings (SSSR count). The van der Waals surface area contributed by atoms with Crippen molar-refractivity contribution in [1.29, 1.82) is 0 Å². The molecule has 2 aromatic carbocycles. The zero-order chi connectivity index (χ0) is 22.5. The summed E-state index contributed by atoms with van der Waals surface area (Å²) in [4.78, 5) is 36.6. The van der Waals surface area contributed by atoms with E-state index < -0.39 is 5.97 Å². The summed E-state index contributed by atoms with van der Waals surface area (Å²) in [6.07, 6.45) is 1.47. The van der Waals surface area contributed by atoms with Crippen molar-refractivity contribution in [3.63, 3.8) is 0 Å². The third-order valence-electron chi connectivity index (χ3n) is 4.93. The highest BCUT2D eigenvalue weighted by molar-refractivity contribution is 6.06. The van der Waals surface area contributed by atoms with Crippen LogP contribution in [0.5, 0.6) is 0 Å². The largest absolute Gasteiger partial charge is 0.462 e. The molecule has 0 atom stereocenters. The van der Waals surface area contributed by atoms with Crippen LogP contribution in [0.4, 0.5) is 5.69 Å². The van der Waals surface area contributed by atoms with Gasteiger partial charge >= 0.3 is 5.97 Å². The minimum Gasteiger partial charge on any atom is -0.462 e. The first-order valence-electron chi connectivity index (χ1n) is 9.82. The van der Waals surface area contributed by atoms with E-state index in [0.717, 1.165) is 0 Å². The number of amides is 2. The van der Waals surface area contributed by atoms with Gasteiger partial charge in [0, 0.05) is 23.9 Å². The molecule has 0 saturated carbocycles. The van der Waals surface area contributed by atoms with Crippen LogP contribution in [0.15, 0.2) is 48.7 Å². The van der Waals surface area contributed by atoms with Gasteiger partial charge < -0.3 is 15.4 Å². The molecule has 1 aromatic heterocycles. The molecular formula is C23H24N4O4. The van der Waals surface area contributed by atoms with Crippen LogP contribution in [0.2, 0.25) is 0 Å². The Kier molecular flexibility index (Phi) is 6.49. The monoisotopic (exact) mass is 420 g/mol. The number of benzene rings is 2. The fourth-order valence-electron chi connectivity index (χ4n) is 3.18. The summed E-state index contributed by atoms with van der Waals surface area (Å²) in [6, 6.07) is 12.0. The van der Waals surface area contributed by atoms with E-state index in [9.17, 15) is 14.4 Å². The van der Waals surface area contributed by atoms with Crippen molar-refractivity contribution in [1.82, 2.24) is 15.1 Å². The topological polar surface area (TPSA) is 102 Å². The zero-order valence-corrected chi connectivity index (χ0v) is 17.9. The van der Waals surface area contributed by atoms with Gasteiger partial charge in [0.05, 0.1) is 24.2 Å². The van der Waals surface area contributed by atoms with Crippen LogP contribution in [0, 0.1) is 13.8 Å². The summed E-state index contributed by atoms with van der Waals surface area (Å²) in [5.74, 6) is -0.931. The Morgan fingerprint density at radius 2 is 1.71 bits per heavy atom. The van der Waals surface area contributed by atoms with Crippen molar-refractivity contribution in [2.75, 3.05) is 19.0 Å². The van der Waals surface area contributed by atoms with Crippen molar-refractivity contribution in [2.45, 2.75) is 20.8 Å². The normalized spacial score (nSPS) is 10.5. The van der Waals surface area contributed by atoms with Gasteiger partial charge in [0.25, 0.3) is 11.8 Å². The molecule has 0 aliphatic carbocycles. The van der Waals surface area contributed by atoms with Crippen molar-refractivity contribution < 1.29 is 19.1 Å². The molecule has 160 valence electrons. The van der Waals surface area contributed by atoms with E-state index in [0.29, 0.717) is 45.9 Å². The molecule has 0 aliphatic heterocycles. The molecule has 31 heavy (non-hydrogen) atoms. The third-order valence-corrected chi connectivity index (χ3v) is 4.93. The average molecular weight is 420 g/mol. The van der Waals surface area contributed by atoms with Crippen molar-refractivity contribution in [3.05, 3.63) is 76.6 Å². The Labute approximate surface area is 180 Å². The number of esters is 1. The second-order valence-electron chi connectivity index (χ2n) is 6.83. The Bertz CT molecular complexity index is 1130. The van der Waals surface area contributed by atoms with Gasteiger partial charge in [-0.05, 0) is 62.7 Å². The molecule has 1 heterocycles. The Hall–Kier alpha value is -3.94. The number of anilines is 1. The second kappa shape index (κ2) is 9.25. The van der Waals surface area contributed by atoms with E-state index in [1.165, 1.54) is 6.20 Å². The van der Waals surface area contributed by atoms with E-state index in [2.05, 4.69) is 15.7 Å². The average Bonchev–Trinajstić information content (AvgIpc) is 3.16. The molecule has 3 aromatic rings. The van der Waals surface area contributed by atoms with E-state index in [1.54, 1.807) is 75.0 Å². The minimum absolute atomic E-state index is 0.213. The number of carbonyl (C=O) groups excluding carboxylic acids is 3. The van der Waals surface area contributed by atoms with Crippen LogP contribution < -0.4 is 10.6 Å². The number of rotatable bonds is 6. The molecule has 0 fully saturated rings.